The molecule has 7 nitrogen and oxygen atoms in total. The summed E-state index contributed by atoms with van der Waals surface area (Å²) in [7, 11) is 1.56. The van der Waals surface area contributed by atoms with E-state index in [1.54, 1.807) is 36.1 Å². The number of benzene rings is 2. The summed E-state index contributed by atoms with van der Waals surface area (Å²) in [6.45, 7) is 3.80. The maximum atomic E-state index is 12.4. The summed E-state index contributed by atoms with van der Waals surface area (Å²) in [5.74, 6) is -0.273. The summed E-state index contributed by atoms with van der Waals surface area (Å²) in [5.41, 5.74) is 3.75. The highest BCUT2D eigenvalue weighted by Gasteiger charge is 2.13. The minimum atomic E-state index is -0.209. The number of aromatic nitrogens is 3. The van der Waals surface area contributed by atoms with Crippen molar-refractivity contribution in [1.82, 2.24) is 20.1 Å². The average Bonchev–Trinajstić information content (AvgIpc) is 3.18. The van der Waals surface area contributed by atoms with Crippen molar-refractivity contribution in [2.45, 2.75) is 19.0 Å². The van der Waals surface area contributed by atoms with Crippen LogP contribution in [0.3, 0.4) is 0 Å². The standard InChI is InChI=1S/C20H20ClN5O2S/c1-12-5-7-15(9-16(12)21)26-11-23-25-20(26)29-10-18(27)24-17-8-14(19(28)22-3)6-4-13(17)2/h4-9,11H,10H2,1-3H3,(H,22,28)(H,24,27). The minimum absolute atomic E-state index is 0.141. The molecule has 0 atom stereocenters. The summed E-state index contributed by atoms with van der Waals surface area (Å²) < 4.78 is 1.78. The number of nitrogens with one attached hydrogen (secondary N) is 2. The normalized spacial score (nSPS) is 10.6. The van der Waals surface area contributed by atoms with Crippen LogP contribution in [0.2, 0.25) is 5.02 Å². The summed E-state index contributed by atoms with van der Waals surface area (Å²) in [6, 6.07) is 10.8. The predicted molar refractivity (Wildman–Crippen MR) is 115 cm³/mol. The largest absolute Gasteiger partial charge is 0.355 e. The van der Waals surface area contributed by atoms with Gasteiger partial charge in [0.25, 0.3) is 5.91 Å². The van der Waals surface area contributed by atoms with E-state index in [1.165, 1.54) is 11.8 Å². The molecule has 0 unspecified atom stereocenters. The van der Waals surface area contributed by atoms with Gasteiger partial charge in [0.15, 0.2) is 5.16 Å². The molecule has 0 radical (unpaired) electrons. The van der Waals surface area contributed by atoms with Gasteiger partial charge in [0.05, 0.1) is 11.4 Å². The Morgan fingerprint density at radius 2 is 1.90 bits per heavy atom. The number of carbonyl (C=O) groups excluding carboxylic acids is 2. The molecule has 0 aliphatic carbocycles. The van der Waals surface area contributed by atoms with Gasteiger partial charge in [-0.15, -0.1) is 10.2 Å². The summed E-state index contributed by atoms with van der Waals surface area (Å²) in [5, 5.41) is 14.7. The molecule has 2 aromatic carbocycles. The lowest BCUT2D eigenvalue weighted by molar-refractivity contribution is -0.113. The van der Waals surface area contributed by atoms with Crippen molar-refractivity contribution in [3.05, 3.63) is 64.4 Å². The van der Waals surface area contributed by atoms with Crippen molar-refractivity contribution in [2.75, 3.05) is 18.1 Å². The van der Waals surface area contributed by atoms with E-state index >= 15 is 0 Å². The Balaban J connectivity index is 1.69. The molecule has 2 N–H and O–H groups in total. The first kappa shape index (κ1) is 20.9. The van der Waals surface area contributed by atoms with E-state index in [0.717, 1.165) is 16.8 Å². The fourth-order valence-electron chi connectivity index (χ4n) is 2.59. The highest BCUT2D eigenvalue weighted by atomic mass is 35.5. The molecule has 0 spiro atoms. The molecule has 2 amide bonds. The Labute approximate surface area is 177 Å². The van der Waals surface area contributed by atoms with Crippen LogP contribution in [0, 0.1) is 13.8 Å². The molecule has 29 heavy (non-hydrogen) atoms. The second-order valence-electron chi connectivity index (χ2n) is 6.36. The Morgan fingerprint density at radius 1 is 1.14 bits per heavy atom. The van der Waals surface area contributed by atoms with Crippen molar-refractivity contribution < 1.29 is 9.59 Å². The Kier molecular flexibility index (Phi) is 6.56. The van der Waals surface area contributed by atoms with Gasteiger partial charge in [0.2, 0.25) is 5.91 Å². The van der Waals surface area contributed by atoms with E-state index in [1.807, 2.05) is 32.0 Å². The maximum absolute atomic E-state index is 12.4. The van der Waals surface area contributed by atoms with Crippen molar-refractivity contribution in [1.29, 1.82) is 0 Å². The third-order valence-electron chi connectivity index (χ3n) is 4.28. The Bertz CT molecular complexity index is 1070. The summed E-state index contributed by atoms with van der Waals surface area (Å²) in [4.78, 5) is 24.3. The Morgan fingerprint density at radius 3 is 2.62 bits per heavy atom. The van der Waals surface area contributed by atoms with Gasteiger partial charge in [-0.05, 0) is 49.2 Å². The van der Waals surface area contributed by atoms with E-state index < -0.39 is 0 Å². The van der Waals surface area contributed by atoms with Crippen LogP contribution in [0.15, 0.2) is 47.9 Å². The fourth-order valence-corrected chi connectivity index (χ4v) is 3.49. The highest BCUT2D eigenvalue weighted by molar-refractivity contribution is 7.99. The average molecular weight is 430 g/mol. The van der Waals surface area contributed by atoms with Crippen molar-refractivity contribution >= 4 is 40.9 Å². The fraction of sp³-hybridized carbons (Fsp3) is 0.200. The predicted octanol–water partition coefficient (Wildman–Crippen LogP) is 3.63. The number of thioether (sulfide) groups is 1. The molecule has 9 heteroatoms. The van der Waals surface area contributed by atoms with Gasteiger partial charge in [-0.2, -0.15) is 0 Å². The summed E-state index contributed by atoms with van der Waals surface area (Å²) >= 11 is 7.47. The third kappa shape index (κ3) is 4.96. The van der Waals surface area contributed by atoms with Crippen LogP contribution in [0.1, 0.15) is 21.5 Å². The Hall–Kier alpha value is -2.84. The molecule has 0 saturated heterocycles. The van der Waals surface area contributed by atoms with E-state index in [2.05, 4.69) is 20.8 Å². The van der Waals surface area contributed by atoms with Gasteiger partial charge in [-0.1, -0.05) is 35.5 Å². The molecule has 1 heterocycles. The third-order valence-corrected chi connectivity index (χ3v) is 5.63. The zero-order valence-electron chi connectivity index (χ0n) is 16.2. The van der Waals surface area contributed by atoms with Crippen molar-refractivity contribution in [2.24, 2.45) is 0 Å². The second-order valence-corrected chi connectivity index (χ2v) is 7.71. The molecule has 0 saturated carbocycles. The molecular formula is C20H20ClN5O2S. The summed E-state index contributed by atoms with van der Waals surface area (Å²) in [6.07, 6.45) is 1.58. The number of rotatable bonds is 6. The topological polar surface area (TPSA) is 88.9 Å². The monoisotopic (exact) mass is 429 g/mol. The number of aryl methyl sites for hydroxylation is 2. The number of halogens is 1. The maximum Gasteiger partial charge on any atom is 0.251 e. The lowest BCUT2D eigenvalue weighted by atomic mass is 10.1. The molecular weight excluding hydrogens is 410 g/mol. The molecule has 1 aromatic heterocycles. The number of hydrogen-bond donors (Lipinski definition) is 2. The van der Waals surface area contributed by atoms with Gasteiger partial charge in [-0.3, -0.25) is 14.2 Å². The van der Waals surface area contributed by atoms with Crippen LogP contribution in [-0.2, 0) is 4.79 Å². The number of carbonyl (C=O) groups is 2. The zero-order chi connectivity index (χ0) is 21.0. The number of anilines is 1. The van der Waals surface area contributed by atoms with Crippen LogP contribution >= 0.6 is 23.4 Å². The van der Waals surface area contributed by atoms with Gasteiger partial charge >= 0.3 is 0 Å². The van der Waals surface area contributed by atoms with Crippen LogP contribution in [0.25, 0.3) is 5.69 Å². The highest BCUT2D eigenvalue weighted by Crippen LogP contribution is 2.24. The molecule has 0 bridgehead atoms. The second kappa shape index (κ2) is 9.11. The smallest absolute Gasteiger partial charge is 0.251 e. The zero-order valence-corrected chi connectivity index (χ0v) is 17.8. The van der Waals surface area contributed by atoms with E-state index in [0.29, 0.717) is 21.4 Å². The van der Waals surface area contributed by atoms with Crippen LogP contribution in [0.5, 0.6) is 0 Å². The molecule has 0 aliphatic rings. The van der Waals surface area contributed by atoms with Crippen molar-refractivity contribution in [3.63, 3.8) is 0 Å². The molecule has 3 aromatic rings. The van der Waals surface area contributed by atoms with Gasteiger partial charge < -0.3 is 10.6 Å². The van der Waals surface area contributed by atoms with Crippen LogP contribution in [0.4, 0.5) is 5.69 Å². The van der Waals surface area contributed by atoms with Gasteiger partial charge in [0.1, 0.15) is 6.33 Å². The first-order valence-electron chi connectivity index (χ1n) is 8.81. The lowest BCUT2D eigenvalue weighted by Gasteiger charge is -2.11. The van der Waals surface area contributed by atoms with Gasteiger partial charge in [0, 0.05) is 23.3 Å². The van der Waals surface area contributed by atoms with Crippen molar-refractivity contribution in [3.8, 4) is 5.69 Å². The quantitative estimate of drug-likeness (QED) is 0.584. The van der Waals surface area contributed by atoms with E-state index in [4.69, 9.17) is 11.6 Å². The molecule has 3 rings (SSSR count). The SMILES string of the molecule is CNC(=O)c1ccc(C)c(NC(=O)CSc2nncn2-c2ccc(C)c(Cl)c2)c1. The van der Waals surface area contributed by atoms with Gasteiger partial charge in [-0.25, -0.2) is 0 Å². The van der Waals surface area contributed by atoms with Crippen LogP contribution in [-0.4, -0.2) is 39.4 Å². The van der Waals surface area contributed by atoms with E-state index in [-0.39, 0.29) is 17.6 Å². The molecule has 150 valence electrons. The lowest BCUT2D eigenvalue weighted by Crippen LogP contribution is -2.19. The molecule has 0 fully saturated rings. The first-order valence-corrected chi connectivity index (χ1v) is 10.2. The molecule has 0 aliphatic heterocycles. The minimum Gasteiger partial charge on any atom is -0.355 e. The van der Waals surface area contributed by atoms with E-state index in [9.17, 15) is 9.59 Å². The first-order chi connectivity index (χ1) is 13.9. The van der Waals surface area contributed by atoms with Crippen LogP contribution < -0.4 is 10.6 Å². The number of hydrogen-bond acceptors (Lipinski definition) is 5. The number of amides is 2. The number of nitrogens with zero attached hydrogens (tertiary/aromatic N) is 3.